The van der Waals surface area contributed by atoms with Crippen LogP contribution in [0.25, 0.3) is 0 Å². The quantitative estimate of drug-likeness (QED) is 0.576. The van der Waals surface area contributed by atoms with Gasteiger partial charge in [-0.1, -0.05) is 0 Å². The molecule has 0 aliphatic carbocycles. The lowest BCUT2D eigenvalue weighted by Crippen LogP contribution is -2.56. The monoisotopic (exact) mass is 191 g/mol. The van der Waals surface area contributed by atoms with Gasteiger partial charge in [0.05, 0.1) is 12.2 Å². The summed E-state index contributed by atoms with van der Waals surface area (Å²) in [5, 5.41) is 9.15. The van der Waals surface area contributed by atoms with Gasteiger partial charge in [-0.15, -0.1) is 0 Å². The Bertz CT molecular complexity index is 270. The predicted octanol–water partition coefficient (Wildman–Crippen LogP) is 1.17. The average molecular weight is 191 g/mol. The number of nitrogens with zero attached hydrogens (tertiary/aromatic N) is 3. The number of hydrogen-bond donors (Lipinski definition) is 0. The Hall–Kier alpha value is -0.590. The highest BCUT2D eigenvalue weighted by Gasteiger charge is 2.44. The highest BCUT2D eigenvalue weighted by atomic mass is 15.4. The van der Waals surface area contributed by atoms with Crippen LogP contribution in [-0.4, -0.2) is 41.1 Å². The Morgan fingerprint density at radius 2 is 1.86 bits per heavy atom. The molecule has 0 saturated carbocycles. The van der Waals surface area contributed by atoms with Gasteiger partial charge in [0.2, 0.25) is 0 Å². The molecule has 1 unspecified atom stereocenters. The SMILES string of the molecule is N#CC1C[C@H]2CCCN2[C@H]2CCCN12. The van der Waals surface area contributed by atoms with Crippen molar-refractivity contribution >= 4 is 0 Å². The van der Waals surface area contributed by atoms with Gasteiger partial charge in [-0.3, -0.25) is 9.80 Å². The fraction of sp³-hybridized carbons (Fsp3) is 0.909. The Labute approximate surface area is 85.3 Å². The Morgan fingerprint density at radius 1 is 1.07 bits per heavy atom. The van der Waals surface area contributed by atoms with Crippen LogP contribution in [0.15, 0.2) is 0 Å². The van der Waals surface area contributed by atoms with E-state index in [4.69, 9.17) is 5.26 Å². The molecule has 14 heavy (non-hydrogen) atoms. The van der Waals surface area contributed by atoms with Gasteiger partial charge < -0.3 is 0 Å². The molecule has 3 nitrogen and oxygen atoms in total. The third kappa shape index (κ3) is 1.11. The van der Waals surface area contributed by atoms with Gasteiger partial charge in [-0.2, -0.15) is 5.26 Å². The largest absolute Gasteiger partial charge is 0.285 e. The minimum atomic E-state index is 0.210. The maximum atomic E-state index is 9.15. The lowest BCUT2D eigenvalue weighted by molar-refractivity contribution is -0.00478. The smallest absolute Gasteiger partial charge is 0.100 e. The summed E-state index contributed by atoms with van der Waals surface area (Å²) in [5.74, 6) is 0. The molecule has 3 rings (SSSR count). The first-order chi connectivity index (χ1) is 6.90. The predicted molar refractivity (Wildman–Crippen MR) is 53.5 cm³/mol. The van der Waals surface area contributed by atoms with Crippen LogP contribution in [0.5, 0.6) is 0 Å². The van der Waals surface area contributed by atoms with Crippen LogP contribution in [-0.2, 0) is 0 Å². The van der Waals surface area contributed by atoms with Gasteiger partial charge in [-0.05, 0) is 38.6 Å². The number of rotatable bonds is 0. The second-order valence-corrected chi connectivity index (χ2v) is 4.78. The third-order valence-electron chi connectivity index (χ3n) is 4.11. The highest BCUT2D eigenvalue weighted by molar-refractivity contribution is 5.05. The zero-order valence-electron chi connectivity index (χ0n) is 8.52. The van der Waals surface area contributed by atoms with Crippen molar-refractivity contribution in [3.8, 4) is 6.07 Å². The molecule has 0 bridgehead atoms. The Balaban J connectivity index is 1.86. The molecule has 3 atom stereocenters. The van der Waals surface area contributed by atoms with Gasteiger partial charge in [0.15, 0.2) is 0 Å². The maximum Gasteiger partial charge on any atom is 0.100 e. The van der Waals surface area contributed by atoms with Crippen molar-refractivity contribution in [1.82, 2.24) is 9.80 Å². The van der Waals surface area contributed by atoms with E-state index in [1.807, 2.05) is 0 Å². The van der Waals surface area contributed by atoms with Crippen molar-refractivity contribution in [2.75, 3.05) is 13.1 Å². The van der Waals surface area contributed by atoms with Crippen LogP contribution < -0.4 is 0 Å². The Morgan fingerprint density at radius 3 is 2.71 bits per heavy atom. The lowest BCUT2D eigenvalue weighted by atomic mass is 10.0. The first kappa shape index (κ1) is 8.70. The second-order valence-electron chi connectivity index (χ2n) is 4.78. The van der Waals surface area contributed by atoms with E-state index in [1.54, 1.807) is 0 Å². The van der Waals surface area contributed by atoms with E-state index in [2.05, 4.69) is 15.9 Å². The number of hydrogen-bond acceptors (Lipinski definition) is 3. The fourth-order valence-corrected chi connectivity index (χ4v) is 3.51. The molecule has 0 amide bonds. The van der Waals surface area contributed by atoms with Gasteiger partial charge in [0, 0.05) is 12.6 Å². The molecule has 0 radical (unpaired) electrons. The normalized spacial score (nSPS) is 43.2. The molecule has 0 N–H and O–H groups in total. The molecular weight excluding hydrogens is 174 g/mol. The zero-order valence-corrected chi connectivity index (χ0v) is 8.52. The molecule has 0 aromatic rings. The van der Waals surface area contributed by atoms with Crippen LogP contribution in [0, 0.1) is 11.3 Å². The van der Waals surface area contributed by atoms with Crippen LogP contribution in [0.3, 0.4) is 0 Å². The highest BCUT2D eigenvalue weighted by Crippen LogP contribution is 2.36. The summed E-state index contributed by atoms with van der Waals surface area (Å²) < 4.78 is 0. The van der Waals surface area contributed by atoms with E-state index in [0.29, 0.717) is 6.17 Å². The molecule has 3 aliphatic heterocycles. The van der Waals surface area contributed by atoms with Gasteiger partial charge in [0.1, 0.15) is 6.04 Å². The van der Waals surface area contributed by atoms with Crippen molar-refractivity contribution in [1.29, 1.82) is 5.26 Å². The topological polar surface area (TPSA) is 30.3 Å². The standard InChI is InChI=1S/C11H17N3/c12-8-10-7-9-3-1-5-13(9)11-4-2-6-14(10)11/h9-11H,1-7H2/t9-,10?,11-/m1/s1. The van der Waals surface area contributed by atoms with Crippen molar-refractivity contribution in [2.24, 2.45) is 0 Å². The van der Waals surface area contributed by atoms with Crippen LogP contribution in [0.1, 0.15) is 32.1 Å². The van der Waals surface area contributed by atoms with E-state index in [1.165, 1.54) is 32.2 Å². The lowest BCUT2D eigenvalue weighted by Gasteiger charge is -2.44. The maximum absolute atomic E-state index is 9.15. The number of nitriles is 1. The molecule has 76 valence electrons. The average Bonchev–Trinajstić information content (AvgIpc) is 2.83. The van der Waals surface area contributed by atoms with Crippen molar-refractivity contribution in [2.45, 2.75) is 50.4 Å². The summed E-state index contributed by atoms with van der Waals surface area (Å²) in [4.78, 5) is 5.09. The van der Waals surface area contributed by atoms with Crippen molar-refractivity contribution in [3.63, 3.8) is 0 Å². The van der Waals surface area contributed by atoms with Crippen LogP contribution in [0.2, 0.25) is 0 Å². The third-order valence-corrected chi connectivity index (χ3v) is 4.11. The fourth-order valence-electron chi connectivity index (χ4n) is 3.51. The van der Waals surface area contributed by atoms with E-state index in [0.717, 1.165) is 19.0 Å². The first-order valence-electron chi connectivity index (χ1n) is 5.81. The summed E-state index contributed by atoms with van der Waals surface area (Å²) in [6.07, 6.45) is 6.93. The first-order valence-corrected chi connectivity index (χ1v) is 5.81. The van der Waals surface area contributed by atoms with E-state index in [9.17, 15) is 0 Å². The summed E-state index contributed by atoms with van der Waals surface area (Å²) in [7, 11) is 0. The second kappa shape index (κ2) is 3.22. The molecule has 3 heteroatoms. The minimum Gasteiger partial charge on any atom is -0.285 e. The van der Waals surface area contributed by atoms with E-state index < -0.39 is 0 Å². The zero-order chi connectivity index (χ0) is 9.54. The van der Waals surface area contributed by atoms with Crippen LogP contribution >= 0.6 is 0 Å². The molecule has 0 spiro atoms. The summed E-state index contributed by atoms with van der Waals surface area (Å²) >= 11 is 0. The van der Waals surface area contributed by atoms with E-state index >= 15 is 0 Å². The summed E-state index contributed by atoms with van der Waals surface area (Å²) in [6, 6.07) is 3.42. The van der Waals surface area contributed by atoms with Crippen molar-refractivity contribution < 1.29 is 0 Å². The Kier molecular flexibility index (Phi) is 2.00. The summed E-state index contributed by atoms with van der Waals surface area (Å²) in [6.45, 7) is 2.41. The van der Waals surface area contributed by atoms with Gasteiger partial charge in [0.25, 0.3) is 0 Å². The molecule has 0 aromatic carbocycles. The molecular formula is C11H17N3. The minimum absolute atomic E-state index is 0.210. The van der Waals surface area contributed by atoms with Crippen LogP contribution in [0.4, 0.5) is 0 Å². The molecule has 3 fully saturated rings. The van der Waals surface area contributed by atoms with Crippen molar-refractivity contribution in [3.05, 3.63) is 0 Å². The van der Waals surface area contributed by atoms with Gasteiger partial charge >= 0.3 is 0 Å². The van der Waals surface area contributed by atoms with E-state index in [-0.39, 0.29) is 6.04 Å². The molecule has 0 aromatic heterocycles. The molecule has 3 aliphatic rings. The van der Waals surface area contributed by atoms with Gasteiger partial charge in [-0.25, -0.2) is 0 Å². The summed E-state index contributed by atoms with van der Waals surface area (Å²) in [5.41, 5.74) is 0. The molecule has 3 saturated heterocycles. The number of fused-ring (bicyclic) bond motifs is 3. The molecule has 3 heterocycles.